The van der Waals surface area contributed by atoms with Crippen LogP contribution in [0.4, 0.5) is 0 Å². The first-order valence-corrected chi connectivity index (χ1v) is 21.8. The van der Waals surface area contributed by atoms with Crippen LogP contribution >= 0.6 is 0 Å². The van der Waals surface area contributed by atoms with Crippen molar-refractivity contribution in [2.45, 2.75) is 182 Å². The van der Waals surface area contributed by atoms with E-state index in [1.165, 1.54) is 51.2 Å². The zero-order valence-corrected chi connectivity index (χ0v) is 30.0. The Balaban J connectivity index is 1.97. The highest BCUT2D eigenvalue weighted by Crippen LogP contribution is 2.65. The van der Waals surface area contributed by atoms with Crippen LogP contribution in [0.5, 0.6) is 0 Å². The van der Waals surface area contributed by atoms with Crippen molar-refractivity contribution in [3.63, 3.8) is 0 Å². The maximum atomic E-state index is 6.71. The predicted octanol–water partition coefficient (Wildman–Crippen LogP) is 10.9. The molecule has 3 rings (SSSR count). The Kier molecular flexibility index (Phi) is 11.0. The lowest BCUT2D eigenvalue weighted by Crippen LogP contribution is -2.55. The summed E-state index contributed by atoms with van der Waals surface area (Å²) >= 11 is 0. The van der Waals surface area contributed by atoms with Gasteiger partial charge in [0.25, 0.3) is 0 Å². The Morgan fingerprint density at radius 3 is 1.51 bits per heavy atom. The summed E-state index contributed by atoms with van der Waals surface area (Å²) in [6.45, 7) is 37.0. The van der Waals surface area contributed by atoms with E-state index in [2.05, 4.69) is 102 Å². The number of fused-ring (bicyclic) bond motifs is 2. The Hall–Kier alpha value is 0.419. The van der Waals surface area contributed by atoms with Gasteiger partial charge in [0.2, 0.25) is 0 Å². The molecule has 3 aliphatic rings. The minimum Gasteiger partial charge on any atom is -0.414 e. The normalized spacial score (nSPS) is 28.0. The molecule has 0 aliphatic heterocycles. The lowest BCUT2D eigenvalue weighted by molar-refractivity contribution is -0.0992. The van der Waals surface area contributed by atoms with E-state index in [0.29, 0.717) is 27.7 Å². The molecule has 0 aromatic heterocycles. The van der Waals surface area contributed by atoms with Crippen molar-refractivity contribution in [3.05, 3.63) is 0 Å². The van der Waals surface area contributed by atoms with Gasteiger partial charge in [-0.05, 0) is 92.5 Å². The fourth-order valence-electron chi connectivity index (χ4n) is 7.20. The Morgan fingerprint density at radius 1 is 0.784 bits per heavy atom. The van der Waals surface area contributed by atoms with E-state index >= 15 is 0 Å². The highest BCUT2D eigenvalue weighted by molar-refractivity contribution is 6.74. The fourth-order valence-corrected chi connectivity index (χ4v) is 10.2. The van der Waals surface area contributed by atoms with Crippen molar-refractivity contribution < 1.29 is 8.85 Å². The maximum absolute atomic E-state index is 6.71. The smallest absolute Gasteiger partial charge is 0.192 e. The van der Waals surface area contributed by atoms with Crippen molar-refractivity contribution in [2.24, 2.45) is 23.2 Å². The monoisotopic (exact) mass is 550 g/mol. The zero-order chi connectivity index (χ0) is 28.6. The molecular weight excluding hydrogens is 483 g/mol. The van der Waals surface area contributed by atoms with Gasteiger partial charge in [-0.3, -0.25) is 0 Å². The molecule has 218 valence electrons. The van der Waals surface area contributed by atoms with Crippen molar-refractivity contribution in [2.75, 3.05) is 0 Å². The summed E-state index contributed by atoms with van der Waals surface area (Å²) in [6.07, 6.45) is 11.6. The summed E-state index contributed by atoms with van der Waals surface area (Å²) in [5.74, 6) is 3.71. The molecule has 3 aliphatic carbocycles. The van der Waals surface area contributed by atoms with Crippen LogP contribution in [0.15, 0.2) is 0 Å². The Bertz CT molecular complexity index is 681. The first-order chi connectivity index (χ1) is 16.6. The van der Waals surface area contributed by atoms with Crippen molar-refractivity contribution in [1.29, 1.82) is 0 Å². The van der Waals surface area contributed by atoms with Crippen molar-refractivity contribution >= 4 is 23.3 Å². The van der Waals surface area contributed by atoms with Gasteiger partial charge >= 0.3 is 0 Å². The molecule has 0 aromatic rings. The first kappa shape index (κ1) is 33.6. The van der Waals surface area contributed by atoms with Gasteiger partial charge in [-0.15, -0.1) is 0 Å². The van der Waals surface area contributed by atoms with E-state index in [-0.39, 0.29) is 0 Å². The topological polar surface area (TPSA) is 18.5 Å². The van der Waals surface area contributed by atoms with Crippen molar-refractivity contribution in [1.82, 2.24) is 0 Å². The van der Waals surface area contributed by atoms with Crippen LogP contribution in [0.2, 0.25) is 54.7 Å². The molecule has 0 saturated heterocycles. The van der Waals surface area contributed by atoms with E-state index in [1.54, 1.807) is 0 Å². The summed E-state index contributed by atoms with van der Waals surface area (Å²) in [4.78, 5) is 0. The van der Waals surface area contributed by atoms with E-state index in [1.807, 2.05) is 0 Å². The molecule has 0 N–H and O–H groups in total. The summed E-state index contributed by atoms with van der Waals surface area (Å²) < 4.78 is 13.4. The predicted molar refractivity (Wildman–Crippen MR) is 172 cm³/mol. The molecule has 5 heteroatoms. The molecule has 0 heterocycles. The molecular formula is C32H67BO2Si2. The third-order valence-electron chi connectivity index (χ3n) is 12.0. The molecule has 2 unspecified atom stereocenters. The maximum Gasteiger partial charge on any atom is 0.192 e. The molecule has 2 nitrogen and oxygen atoms in total. The fraction of sp³-hybridized carbons (Fsp3) is 1.00. The van der Waals surface area contributed by atoms with Gasteiger partial charge in [-0.25, -0.2) is 0 Å². The second-order valence-corrected chi connectivity index (χ2v) is 26.6. The first-order valence-electron chi connectivity index (χ1n) is 16.0. The number of hydrogen-bond acceptors (Lipinski definition) is 2. The molecule has 3 saturated carbocycles. The van der Waals surface area contributed by atoms with E-state index in [4.69, 9.17) is 8.85 Å². The zero-order valence-electron chi connectivity index (χ0n) is 28.0. The van der Waals surface area contributed by atoms with Gasteiger partial charge < -0.3 is 8.85 Å². The van der Waals surface area contributed by atoms with Crippen molar-refractivity contribution in [3.8, 4) is 0 Å². The quantitative estimate of drug-likeness (QED) is 0.212. The van der Waals surface area contributed by atoms with Crippen LogP contribution in [-0.4, -0.2) is 35.6 Å². The van der Waals surface area contributed by atoms with E-state index in [0.717, 1.165) is 30.3 Å². The lowest BCUT2D eigenvalue weighted by atomic mass is 9.27. The lowest BCUT2D eigenvalue weighted by Gasteiger charge is -2.63. The summed E-state index contributed by atoms with van der Waals surface area (Å²) in [7, 11) is -3.37. The van der Waals surface area contributed by atoms with Gasteiger partial charge in [0, 0.05) is 12.2 Å². The molecule has 0 spiro atoms. The second-order valence-electron chi connectivity index (χ2n) is 17.1. The van der Waals surface area contributed by atoms with Crippen LogP contribution in [0.25, 0.3) is 0 Å². The average molecular weight is 551 g/mol. The second kappa shape index (κ2) is 12.1. The third kappa shape index (κ3) is 8.23. The Labute approximate surface area is 236 Å². The largest absolute Gasteiger partial charge is 0.414 e. The molecule has 0 aromatic carbocycles. The minimum atomic E-state index is -1.69. The molecule has 6 atom stereocenters. The van der Waals surface area contributed by atoms with Crippen LogP contribution in [0, 0.1) is 23.2 Å². The third-order valence-corrected chi connectivity index (χ3v) is 21.2. The molecule has 37 heavy (non-hydrogen) atoms. The number of rotatable bonds is 13. The van der Waals surface area contributed by atoms with Crippen LogP contribution in [0.3, 0.4) is 0 Å². The van der Waals surface area contributed by atoms with Gasteiger partial charge in [0.05, 0.1) is 0 Å². The highest BCUT2D eigenvalue weighted by Gasteiger charge is 2.57. The molecule has 2 bridgehead atoms. The molecule has 0 radical (unpaired) electrons. The SMILES string of the molecule is CC1C(B(CCC[C@H](C)O[Si](C)(C)C(C)(C)C)CCC[C@H](C)O[Si](C)(C)C(C)(C)C)C[C@@H]2C[C@H]1C2(C)C. The van der Waals surface area contributed by atoms with Crippen LogP contribution < -0.4 is 0 Å². The highest BCUT2D eigenvalue weighted by atomic mass is 28.4. The summed E-state index contributed by atoms with van der Waals surface area (Å²) in [5.41, 5.74) is 0.581. The average Bonchev–Trinajstić information content (AvgIpc) is 2.70. The van der Waals surface area contributed by atoms with Gasteiger partial charge in [0.15, 0.2) is 16.6 Å². The van der Waals surface area contributed by atoms with Crippen LogP contribution in [-0.2, 0) is 8.85 Å². The molecule has 0 amide bonds. The standard InChI is InChI=1S/C32H67BO2Si2/c1-24(34-36(12,13)30(4,5)6)18-16-20-33(29-23-27-22-28(26(29)3)32(27,10)11)21-17-19-25(2)35-37(14,15)31(7,8)9/h24-29H,16-23H2,1-15H3/t24-,25-,26?,27-,28+,29?/m0/s1. The summed E-state index contributed by atoms with van der Waals surface area (Å²) in [5, 5.41) is 0.580. The summed E-state index contributed by atoms with van der Waals surface area (Å²) in [6, 6.07) is 0. The van der Waals surface area contributed by atoms with Gasteiger partial charge in [-0.2, -0.15) is 0 Å². The Morgan fingerprint density at radius 2 is 1.19 bits per heavy atom. The number of hydrogen-bond donors (Lipinski definition) is 0. The molecule has 3 fully saturated rings. The van der Waals surface area contributed by atoms with E-state index < -0.39 is 16.6 Å². The van der Waals surface area contributed by atoms with Gasteiger partial charge in [0.1, 0.15) is 6.71 Å². The minimum absolute atomic E-state index is 0.290. The van der Waals surface area contributed by atoms with Gasteiger partial charge in [-0.1, -0.05) is 100 Å². The van der Waals surface area contributed by atoms with Crippen LogP contribution in [0.1, 0.15) is 115 Å². The van der Waals surface area contributed by atoms with E-state index in [9.17, 15) is 0 Å².